The molecule has 0 bridgehead atoms. The van der Waals surface area contributed by atoms with Gasteiger partial charge in [0.05, 0.1) is 16.6 Å². The molecule has 1 aliphatic heterocycles. The molecule has 19 heavy (non-hydrogen) atoms. The Morgan fingerprint density at radius 1 is 1.53 bits per heavy atom. The summed E-state index contributed by atoms with van der Waals surface area (Å²) in [5.74, 6) is -0.724. The molecule has 1 unspecified atom stereocenters. The Kier molecular flexibility index (Phi) is 3.85. The zero-order chi connectivity index (χ0) is 14.0. The number of hydrogen-bond acceptors (Lipinski definition) is 4. The van der Waals surface area contributed by atoms with Gasteiger partial charge in [0.1, 0.15) is 11.9 Å². The molecule has 0 N–H and O–H groups in total. The van der Waals surface area contributed by atoms with Crippen LogP contribution < -0.4 is 0 Å². The topological polar surface area (TPSA) is 70.4 Å². The summed E-state index contributed by atoms with van der Waals surface area (Å²) in [6, 6.07) is 4.86. The lowest BCUT2D eigenvalue weighted by molar-refractivity contribution is 0.115. The molecular formula is C12H13FN2O3S. The monoisotopic (exact) mass is 284 g/mol. The zero-order valence-electron chi connectivity index (χ0n) is 10.3. The molecule has 0 aromatic heterocycles. The van der Waals surface area contributed by atoms with Crippen molar-refractivity contribution in [2.24, 2.45) is 0 Å². The van der Waals surface area contributed by atoms with Crippen LogP contribution in [0.5, 0.6) is 0 Å². The average molecular weight is 284 g/mol. The molecule has 0 radical (unpaired) electrons. The number of methoxy groups -OCH3 is 1. The van der Waals surface area contributed by atoms with Crippen molar-refractivity contribution in [3.8, 4) is 6.07 Å². The smallest absolute Gasteiger partial charge is 0.243 e. The molecule has 0 aliphatic carbocycles. The van der Waals surface area contributed by atoms with Gasteiger partial charge < -0.3 is 4.74 Å². The second-order valence-electron chi connectivity index (χ2n) is 4.26. The number of hydrogen-bond donors (Lipinski definition) is 0. The standard InChI is InChI=1S/C12H13FN2O3S/c1-18-10-4-5-15(8-10)19(16,17)11-2-3-12(13)9(6-11)7-14/h2-3,6,10H,4-5,8H2,1H3. The largest absolute Gasteiger partial charge is 0.380 e. The maximum absolute atomic E-state index is 13.2. The molecule has 2 rings (SSSR count). The van der Waals surface area contributed by atoms with Gasteiger partial charge in [-0.2, -0.15) is 9.57 Å². The van der Waals surface area contributed by atoms with Gasteiger partial charge in [-0.3, -0.25) is 0 Å². The number of ether oxygens (including phenoxy) is 1. The normalized spacial score (nSPS) is 20.4. The second-order valence-corrected chi connectivity index (χ2v) is 6.20. The number of nitrogens with zero attached hydrogens (tertiary/aromatic N) is 2. The van der Waals surface area contributed by atoms with Crippen LogP contribution in [-0.2, 0) is 14.8 Å². The van der Waals surface area contributed by atoms with Crippen LogP contribution in [-0.4, -0.2) is 39.0 Å². The molecular weight excluding hydrogens is 271 g/mol. The van der Waals surface area contributed by atoms with E-state index in [4.69, 9.17) is 10.00 Å². The molecule has 1 atom stereocenters. The van der Waals surface area contributed by atoms with E-state index in [9.17, 15) is 12.8 Å². The third-order valence-electron chi connectivity index (χ3n) is 3.14. The summed E-state index contributed by atoms with van der Waals surface area (Å²) in [6.45, 7) is 0.637. The van der Waals surface area contributed by atoms with Crippen LogP contribution in [0.25, 0.3) is 0 Å². The van der Waals surface area contributed by atoms with Crippen molar-refractivity contribution in [3.63, 3.8) is 0 Å². The van der Waals surface area contributed by atoms with Gasteiger partial charge in [0, 0.05) is 20.2 Å². The van der Waals surface area contributed by atoms with Gasteiger partial charge in [-0.25, -0.2) is 12.8 Å². The molecule has 0 spiro atoms. The second kappa shape index (κ2) is 5.25. The highest BCUT2D eigenvalue weighted by molar-refractivity contribution is 7.89. The molecule has 7 heteroatoms. The minimum atomic E-state index is -3.70. The van der Waals surface area contributed by atoms with Crippen molar-refractivity contribution in [3.05, 3.63) is 29.6 Å². The SMILES string of the molecule is COC1CCN(S(=O)(=O)c2ccc(F)c(C#N)c2)C1. The van der Waals surface area contributed by atoms with Gasteiger partial charge in [0.2, 0.25) is 10.0 Å². The third-order valence-corrected chi connectivity index (χ3v) is 5.00. The Labute approximate surface area is 111 Å². The molecule has 1 saturated heterocycles. The fourth-order valence-electron chi connectivity index (χ4n) is 2.01. The third kappa shape index (κ3) is 2.61. The molecule has 102 valence electrons. The van der Waals surface area contributed by atoms with Gasteiger partial charge in [0.25, 0.3) is 0 Å². The van der Waals surface area contributed by atoms with E-state index in [1.54, 1.807) is 6.07 Å². The van der Waals surface area contributed by atoms with Crippen molar-refractivity contribution in [2.75, 3.05) is 20.2 Å². The first-order valence-electron chi connectivity index (χ1n) is 5.71. The zero-order valence-corrected chi connectivity index (χ0v) is 11.2. The maximum atomic E-state index is 13.2. The summed E-state index contributed by atoms with van der Waals surface area (Å²) >= 11 is 0. The summed E-state index contributed by atoms with van der Waals surface area (Å²) in [4.78, 5) is -0.0674. The van der Waals surface area contributed by atoms with Crippen LogP contribution in [0, 0.1) is 17.1 Å². The van der Waals surface area contributed by atoms with Gasteiger partial charge in [-0.15, -0.1) is 0 Å². The van der Waals surface area contributed by atoms with E-state index in [2.05, 4.69) is 0 Å². The number of sulfonamides is 1. The molecule has 0 saturated carbocycles. The number of benzene rings is 1. The predicted molar refractivity (Wildman–Crippen MR) is 65.3 cm³/mol. The van der Waals surface area contributed by atoms with E-state index in [-0.39, 0.29) is 23.1 Å². The van der Waals surface area contributed by atoms with E-state index in [0.717, 1.165) is 12.1 Å². The van der Waals surface area contributed by atoms with Crippen molar-refractivity contribution < 1.29 is 17.5 Å². The van der Waals surface area contributed by atoms with E-state index in [1.807, 2.05) is 0 Å². The lowest BCUT2D eigenvalue weighted by Gasteiger charge is -2.16. The van der Waals surface area contributed by atoms with Crippen LogP contribution in [0.1, 0.15) is 12.0 Å². The molecule has 1 aromatic carbocycles. The average Bonchev–Trinajstić information content (AvgIpc) is 2.88. The van der Waals surface area contributed by atoms with E-state index >= 15 is 0 Å². The Balaban J connectivity index is 2.33. The fourth-order valence-corrected chi connectivity index (χ4v) is 3.52. The maximum Gasteiger partial charge on any atom is 0.243 e. The van der Waals surface area contributed by atoms with Gasteiger partial charge in [0.15, 0.2) is 0 Å². The van der Waals surface area contributed by atoms with E-state index in [1.165, 1.54) is 17.5 Å². The number of nitriles is 1. The van der Waals surface area contributed by atoms with Crippen LogP contribution in [0.4, 0.5) is 4.39 Å². The summed E-state index contributed by atoms with van der Waals surface area (Å²) < 4.78 is 44.2. The van der Waals surface area contributed by atoms with Crippen LogP contribution in [0.15, 0.2) is 23.1 Å². The summed E-state index contributed by atoms with van der Waals surface area (Å²) in [5.41, 5.74) is -0.274. The van der Waals surface area contributed by atoms with Gasteiger partial charge in [-0.1, -0.05) is 0 Å². The minimum absolute atomic E-state index is 0.0674. The lowest BCUT2D eigenvalue weighted by Crippen LogP contribution is -2.30. The van der Waals surface area contributed by atoms with Gasteiger partial charge in [-0.05, 0) is 24.6 Å². The van der Waals surface area contributed by atoms with Crippen molar-refractivity contribution in [1.82, 2.24) is 4.31 Å². The predicted octanol–water partition coefficient (Wildman–Crippen LogP) is 1.11. The Morgan fingerprint density at radius 2 is 2.26 bits per heavy atom. The highest BCUT2D eigenvalue weighted by atomic mass is 32.2. The quantitative estimate of drug-likeness (QED) is 0.833. The summed E-state index contributed by atoms with van der Waals surface area (Å²) in [5, 5.41) is 8.74. The van der Waals surface area contributed by atoms with Crippen molar-refractivity contribution in [1.29, 1.82) is 5.26 Å². The van der Waals surface area contributed by atoms with E-state index < -0.39 is 15.8 Å². The van der Waals surface area contributed by atoms with Crippen LogP contribution in [0.2, 0.25) is 0 Å². The van der Waals surface area contributed by atoms with Crippen LogP contribution >= 0.6 is 0 Å². The van der Waals surface area contributed by atoms with Gasteiger partial charge >= 0.3 is 0 Å². The summed E-state index contributed by atoms with van der Waals surface area (Å²) in [7, 11) is -2.16. The first-order valence-corrected chi connectivity index (χ1v) is 7.15. The Hall–Kier alpha value is -1.49. The Morgan fingerprint density at radius 3 is 2.84 bits per heavy atom. The minimum Gasteiger partial charge on any atom is -0.380 e. The fraction of sp³-hybridized carbons (Fsp3) is 0.417. The molecule has 1 aliphatic rings. The Bertz CT molecular complexity index is 624. The highest BCUT2D eigenvalue weighted by Gasteiger charge is 2.32. The lowest BCUT2D eigenvalue weighted by atomic mass is 10.2. The highest BCUT2D eigenvalue weighted by Crippen LogP contribution is 2.23. The number of halogens is 1. The molecule has 1 heterocycles. The molecule has 5 nitrogen and oxygen atoms in total. The van der Waals surface area contributed by atoms with E-state index in [0.29, 0.717) is 13.0 Å². The first-order chi connectivity index (χ1) is 8.98. The van der Waals surface area contributed by atoms with Crippen LogP contribution in [0.3, 0.4) is 0 Å². The van der Waals surface area contributed by atoms with Crippen molar-refractivity contribution >= 4 is 10.0 Å². The first kappa shape index (κ1) is 13.9. The number of rotatable bonds is 3. The summed E-state index contributed by atoms with van der Waals surface area (Å²) in [6.07, 6.45) is 0.507. The molecule has 1 fully saturated rings. The molecule has 1 aromatic rings. The van der Waals surface area contributed by atoms with Crippen molar-refractivity contribution in [2.45, 2.75) is 17.4 Å². The molecule has 0 amide bonds.